The van der Waals surface area contributed by atoms with Crippen molar-refractivity contribution in [3.63, 3.8) is 0 Å². The van der Waals surface area contributed by atoms with E-state index in [9.17, 15) is 14.7 Å². The number of aromatic hydroxyl groups is 1. The van der Waals surface area contributed by atoms with Crippen LogP contribution in [-0.4, -0.2) is 23.4 Å². The summed E-state index contributed by atoms with van der Waals surface area (Å²) in [6.45, 7) is 0. The van der Waals surface area contributed by atoms with Crippen LogP contribution in [0.4, 0.5) is 10.5 Å². The molecule has 1 fully saturated rings. The second-order valence-corrected chi connectivity index (χ2v) is 6.88. The average molecular weight is 396 g/mol. The fourth-order valence-electron chi connectivity index (χ4n) is 2.26. The summed E-state index contributed by atoms with van der Waals surface area (Å²) in [6, 6.07) is 9.42. The number of anilines is 1. The van der Waals surface area contributed by atoms with Gasteiger partial charge in [0.05, 0.1) is 22.7 Å². The molecule has 1 aliphatic rings. The predicted octanol–water partition coefficient (Wildman–Crippen LogP) is 4.95. The van der Waals surface area contributed by atoms with Crippen LogP contribution >= 0.6 is 35.0 Å². The van der Waals surface area contributed by atoms with Gasteiger partial charge in [-0.15, -0.1) is 0 Å². The van der Waals surface area contributed by atoms with Gasteiger partial charge < -0.3 is 9.84 Å². The summed E-state index contributed by atoms with van der Waals surface area (Å²) in [5.74, 6) is -0.452. The Morgan fingerprint density at radius 1 is 1.16 bits per heavy atom. The van der Waals surface area contributed by atoms with Crippen LogP contribution in [0.2, 0.25) is 10.0 Å². The molecule has 1 N–H and O–H groups in total. The van der Waals surface area contributed by atoms with Gasteiger partial charge in [-0.05, 0) is 59.8 Å². The quantitative estimate of drug-likeness (QED) is 0.744. The standard InChI is InChI=1S/C17H11Cl2NO4S/c1-24-13-7-9(6-12(19)15(13)21)8-14-16(22)20(17(23)25-14)11-4-2-10(18)3-5-11/h2-8,21H,1H3/b14-8+. The largest absolute Gasteiger partial charge is 0.503 e. The van der Waals surface area contributed by atoms with Crippen molar-refractivity contribution in [2.24, 2.45) is 0 Å². The van der Waals surface area contributed by atoms with Crippen LogP contribution < -0.4 is 9.64 Å². The lowest BCUT2D eigenvalue weighted by atomic mass is 10.1. The van der Waals surface area contributed by atoms with Gasteiger partial charge in [0.25, 0.3) is 11.1 Å². The van der Waals surface area contributed by atoms with Crippen LogP contribution in [0, 0.1) is 0 Å². The van der Waals surface area contributed by atoms with Crippen LogP contribution in [0.5, 0.6) is 11.5 Å². The number of thioether (sulfide) groups is 1. The number of methoxy groups -OCH3 is 1. The molecule has 1 saturated heterocycles. The fourth-order valence-corrected chi connectivity index (χ4v) is 3.45. The van der Waals surface area contributed by atoms with E-state index in [1.807, 2.05) is 0 Å². The number of amides is 2. The highest BCUT2D eigenvalue weighted by atomic mass is 35.5. The fraction of sp³-hybridized carbons (Fsp3) is 0.0588. The summed E-state index contributed by atoms with van der Waals surface area (Å²) in [6.07, 6.45) is 1.52. The molecule has 0 radical (unpaired) electrons. The van der Waals surface area contributed by atoms with Crippen molar-refractivity contribution in [2.45, 2.75) is 0 Å². The number of halogens is 2. The molecule has 0 aromatic heterocycles. The number of hydrogen-bond donors (Lipinski definition) is 1. The highest BCUT2D eigenvalue weighted by molar-refractivity contribution is 8.19. The smallest absolute Gasteiger partial charge is 0.298 e. The van der Waals surface area contributed by atoms with Gasteiger partial charge in [0.2, 0.25) is 0 Å². The zero-order valence-electron chi connectivity index (χ0n) is 12.8. The minimum Gasteiger partial charge on any atom is -0.503 e. The van der Waals surface area contributed by atoms with Crippen LogP contribution in [-0.2, 0) is 4.79 Å². The minimum atomic E-state index is -0.444. The Labute approximate surface area is 157 Å². The first-order valence-corrected chi connectivity index (χ1v) is 8.58. The van der Waals surface area contributed by atoms with E-state index in [4.69, 9.17) is 27.9 Å². The van der Waals surface area contributed by atoms with Crippen molar-refractivity contribution < 1.29 is 19.4 Å². The first-order chi connectivity index (χ1) is 11.9. The Balaban J connectivity index is 1.95. The summed E-state index contributed by atoms with van der Waals surface area (Å²) in [5, 5.41) is 9.96. The maximum Gasteiger partial charge on any atom is 0.298 e. The summed E-state index contributed by atoms with van der Waals surface area (Å²) >= 11 is 12.6. The van der Waals surface area contributed by atoms with Crippen molar-refractivity contribution >= 4 is 57.9 Å². The molecular formula is C17H11Cl2NO4S. The zero-order valence-corrected chi connectivity index (χ0v) is 15.2. The SMILES string of the molecule is COc1cc(/C=C2/SC(=O)N(c3ccc(Cl)cc3)C2=O)cc(Cl)c1O. The number of benzene rings is 2. The summed E-state index contributed by atoms with van der Waals surface area (Å²) in [4.78, 5) is 26.1. The average Bonchev–Trinajstić information content (AvgIpc) is 2.85. The van der Waals surface area contributed by atoms with Gasteiger partial charge in [-0.3, -0.25) is 9.59 Å². The Bertz CT molecular complexity index is 896. The molecule has 0 aliphatic carbocycles. The minimum absolute atomic E-state index is 0.0857. The van der Waals surface area contributed by atoms with Gasteiger partial charge >= 0.3 is 0 Å². The second kappa shape index (κ2) is 7.00. The molecule has 5 nitrogen and oxygen atoms in total. The molecule has 0 unspecified atom stereocenters. The first kappa shape index (κ1) is 17.7. The zero-order chi connectivity index (χ0) is 18.1. The van der Waals surface area contributed by atoms with Crippen molar-refractivity contribution in [3.05, 3.63) is 56.9 Å². The van der Waals surface area contributed by atoms with Gasteiger partial charge in [0.1, 0.15) is 0 Å². The maximum atomic E-state index is 12.6. The van der Waals surface area contributed by atoms with Crippen LogP contribution in [0.25, 0.3) is 6.08 Å². The Morgan fingerprint density at radius 2 is 1.84 bits per heavy atom. The third-order valence-electron chi connectivity index (χ3n) is 3.45. The number of nitrogens with zero attached hydrogens (tertiary/aromatic N) is 1. The topological polar surface area (TPSA) is 66.8 Å². The van der Waals surface area contributed by atoms with E-state index in [0.717, 1.165) is 16.7 Å². The number of hydrogen-bond acceptors (Lipinski definition) is 5. The molecule has 3 rings (SSSR count). The highest BCUT2D eigenvalue weighted by Gasteiger charge is 2.36. The van der Waals surface area contributed by atoms with Crippen LogP contribution in [0.15, 0.2) is 41.3 Å². The predicted molar refractivity (Wildman–Crippen MR) is 99.6 cm³/mol. The lowest BCUT2D eigenvalue weighted by Gasteiger charge is -2.12. The summed E-state index contributed by atoms with van der Waals surface area (Å²) in [7, 11) is 1.39. The number of phenols is 1. The molecule has 2 aromatic carbocycles. The van der Waals surface area contributed by atoms with Gasteiger partial charge in [-0.2, -0.15) is 0 Å². The number of phenolic OH excluding ortho intramolecular Hbond substituents is 1. The van der Waals surface area contributed by atoms with Crippen molar-refractivity contribution in [1.82, 2.24) is 0 Å². The van der Waals surface area contributed by atoms with Gasteiger partial charge in [-0.25, -0.2) is 4.90 Å². The summed E-state index contributed by atoms with van der Waals surface area (Å²) in [5.41, 5.74) is 0.970. The number of ether oxygens (including phenoxy) is 1. The molecule has 2 aromatic rings. The monoisotopic (exact) mass is 395 g/mol. The molecular weight excluding hydrogens is 385 g/mol. The molecule has 0 atom stereocenters. The molecule has 0 saturated carbocycles. The van der Waals surface area contributed by atoms with Gasteiger partial charge in [0, 0.05) is 5.02 Å². The number of rotatable bonds is 3. The van der Waals surface area contributed by atoms with Gasteiger partial charge in [0.15, 0.2) is 11.5 Å². The molecule has 0 bridgehead atoms. The molecule has 25 heavy (non-hydrogen) atoms. The first-order valence-electron chi connectivity index (χ1n) is 7.00. The van der Waals surface area contributed by atoms with E-state index in [0.29, 0.717) is 16.3 Å². The molecule has 8 heteroatoms. The number of carbonyl (C=O) groups excluding carboxylic acids is 2. The van der Waals surface area contributed by atoms with E-state index in [1.165, 1.54) is 25.3 Å². The van der Waals surface area contributed by atoms with Gasteiger partial charge in [-0.1, -0.05) is 23.2 Å². The highest BCUT2D eigenvalue weighted by Crippen LogP contribution is 2.39. The lowest BCUT2D eigenvalue weighted by Crippen LogP contribution is -2.27. The lowest BCUT2D eigenvalue weighted by molar-refractivity contribution is -0.113. The molecule has 2 amide bonds. The maximum absolute atomic E-state index is 12.6. The van der Waals surface area contributed by atoms with Crippen molar-refractivity contribution in [2.75, 3.05) is 12.0 Å². The van der Waals surface area contributed by atoms with E-state index >= 15 is 0 Å². The van der Waals surface area contributed by atoms with E-state index < -0.39 is 11.1 Å². The number of carbonyl (C=O) groups is 2. The third kappa shape index (κ3) is 3.46. The van der Waals surface area contributed by atoms with E-state index in [1.54, 1.807) is 24.3 Å². The molecule has 128 valence electrons. The Morgan fingerprint density at radius 3 is 2.48 bits per heavy atom. The third-order valence-corrected chi connectivity index (χ3v) is 4.86. The number of imide groups is 1. The van der Waals surface area contributed by atoms with Crippen LogP contribution in [0.1, 0.15) is 5.56 Å². The van der Waals surface area contributed by atoms with Crippen molar-refractivity contribution in [3.8, 4) is 11.5 Å². The summed E-state index contributed by atoms with van der Waals surface area (Å²) < 4.78 is 5.04. The Kier molecular flexibility index (Phi) is 4.94. The molecule has 1 heterocycles. The normalized spacial score (nSPS) is 16.0. The van der Waals surface area contributed by atoms with E-state index in [-0.39, 0.29) is 21.4 Å². The van der Waals surface area contributed by atoms with Crippen molar-refractivity contribution in [1.29, 1.82) is 0 Å². The molecule has 1 aliphatic heterocycles. The molecule has 0 spiro atoms. The Hall–Kier alpha value is -2.15. The second-order valence-electron chi connectivity index (χ2n) is 5.05. The van der Waals surface area contributed by atoms with E-state index in [2.05, 4.69) is 0 Å². The van der Waals surface area contributed by atoms with Crippen LogP contribution in [0.3, 0.4) is 0 Å².